The highest BCUT2D eigenvalue weighted by atomic mass is 16.6. The van der Waals surface area contributed by atoms with E-state index < -0.39 is 18.0 Å². The molecule has 0 aliphatic heterocycles. The van der Waals surface area contributed by atoms with Gasteiger partial charge in [0.1, 0.15) is 5.75 Å². The highest BCUT2D eigenvalue weighted by Crippen LogP contribution is 2.13. The minimum atomic E-state index is -0.690. The first kappa shape index (κ1) is 12.0. The molecule has 1 rings (SSSR count). The van der Waals surface area contributed by atoms with E-state index in [0.29, 0.717) is 11.3 Å². The second-order valence-corrected chi connectivity index (χ2v) is 3.17. The first-order valence-electron chi connectivity index (χ1n) is 4.69. The molecule has 16 heavy (non-hydrogen) atoms. The Kier molecular flexibility index (Phi) is 3.88. The van der Waals surface area contributed by atoms with E-state index in [9.17, 15) is 9.59 Å². The van der Waals surface area contributed by atoms with Gasteiger partial charge in [0, 0.05) is 5.56 Å². The Morgan fingerprint density at radius 1 is 1.25 bits per heavy atom. The summed E-state index contributed by atoms with van der Waals surface area (Å²) in [6.07, 6.45) is -0.690. The number of ether oxygens (including phenoxy) is 2. The monoisotopic (exact) mass is 223 g/mol. The molecule has 0 aliphatic rings. The fourth-order valence-electron chi connectivity index (χ4n) is 1.12. The van der Waals surface area contributed by atoms with Crippen molar-refractivity contribution in [3.05, 3.63) is 29.8 Å². The van der Waals surface area contributed by atoms with Gasteiger partial charge in [0.25, 0.3) is 0 Å². The number of carbonyl (C=O) groups excluding carboxylic acids is 2. The molecule has 0 radical (unpaired) electrons. The Balaban J connectivity index is 2.68. The van der Waals surface area contributed by atoms with Gasteiger partial charge < -0.3 is 15.2 Å². The molecule has 0 heterocycles. The lowest BCUT2D eigenvalue weighted by Crippen LogP contribution is -2.24. The Bertz CT molecular complexity index is 385. The van der Waals surface area contributed by atoms with Crippen molar-refractivity contribution in [1.29, 1.82) is 0 Å². The van der Waals surface area contributed by atoms with E-state index in [1.165, 1.54) is 19.2 Å². The number of esters is 1. The first-order chi connectivity index (χ1) is 7.54. The van der Waals surface area contributed by atoms with Crippen LogP contribution in [0.25, 0.3) is 0 Å². The van der Waals surface area contributed by atoms with Gasteiger partial charge in [0.05, 0.1) is 7.11 Å². The molecule has 0 aromatic heterocycles. The number of benzene rings is 1. The number of hydrogen-bond donors (Lipinski definition) is 1. The van der Waals surface area contributed by atoms with E-state index in [4.69, 9.17) is 10.5 Å². The van der Waals surface area contributed by atoms with Gasteiger partial charge >= 0.3 is 5.97 Å². The minimum absolute atomic E-state index is 0.387. The van der Waals surface area contributed by atoms with Crippen molar-refractivity contribution in [3.8, 4) is 5.75 Å². The topological polar surface area (TPSA) is 78.6 Å². The van der Waals surface area contributed by atoms with E-state index in [0.717, 1.165) is 0 Å². The van der Waals surface area contributed by atoms with Crippen molar-refractivity contribution in [3.63, 3.8) is 0 Å². The highest BCUT2D eigenvalue weighted by molar-refractivity contribution is 5.92. The van der Waals surface area contributed by atoms with E-state index in [1.54, 1.807) is 19.1 Å². The summed E-state index contributed by atoms with van der Waals surface area (Å²) in [5.74, 6) is -0.491. The van der Waals surface area contributed by atoms with Gasteiger partial charge in [-0.3, -0.25) is 4.79 Å². The van der Waals surface area contributed by atoms with Crippen molar-refractivity contribution in [2.75, 3.05) is 7.11 Å². The second-order valence-electron chi connectivity index (χ2n) is 3.17. The molecule has 0 spiro atoms. The van der Waals surface area contributed by atoms with E-state index in [-0.39, 0.29) is 0 Å². The predicted molar refractivity (Wildman–Crippen MR) is 57.1 cm³/mol. The number of carbonyl (C=O) groups is 2. The van der Waals surface area contributed by atoms with Crippen molar-refractivity contribution < 1.29 is 19.1 Å². The molecular weight excluding hydrogens is 210 g/mol. The van der Waals surface area contributed by atoms with E-state index >= 15 is 0 Å². The lowest BCUT2D eigenvalue weighted by Gasteiger charge is -2.12. The lowest BCUT2D eigenvalue weighted by atomic mass is 10.2. The number of methoxy groups -OCH3 is 1. The zero-order valence-electron chi connectivity index (χ0n) is 9.10. The molecule has 1 aromatic rings. The maximum Gasteiger partial charge on any atom is 0.346 e. The molecule has 0 unspecified atom stereocenters. The first-order valence-corrected chi connectivity index (χ1v) is 4.69. The van der Waals surface area contributed by atoms with Crippen LogP contribution >= 0.6 is 0 Å². The quantitative estimate of drug-likeness (QED) is 0.763. The van der Waals surface area contributed by atoms with Crippen LogP contribution in [-0.2, 0) is 9.53 Å². The average Bonchev–Trinajstić information content (AvgIpc) is 2.28. The van der Waals surface area contributed by atoms with Gasteiger partial charge in [-0.15, -0.1) is 0 Å². The lowest BCUT2D eigenvalue weighted by molar-refractivity contribution is -0.147. The summed E-state index contributed by atoms with van der Waals surface area (Å²) in [6, 6.07) is 6.20. The molecule has 1 amide bonds. The Hall–Kier alpha value is -2.04. The zero-order valence-corrected chi connectivity index (χ0v) is 9.10. The molecule has 86 valence electrons. The minimum Gasteiger partial charge on any atom is -0.479 e. The van der Waals surface area contributed by atoms with Gasteiger partial charge in [-0.05, 0) is 31.2 Å². The third-order valence-electron chi connectivity index (χ3n) is 1.98. The van der Waals surface area contributed by atoms with Crippen molar-refractivity contribution >= 4 is 11.9 Å². The third kappa shape index (κ3) is 2.98. The molecule has 0 saturated heterocycles. The maximum atomic E-state index is 11.1. The zero-order chi connectivity index (χ0) is 12.1. The van der Waals surface area contributed by atoms with Crippen LogP contribution in [0.1, 0.15) is 17.3 Å². The molecule has 5 nitrogen and oxygen atoms in total. The molecule has 0 saturated carbocycles. The normalized spacial score (nSPS) is 11.6. The number of amides is 1. The van der Waals surface area contributed by atoms with Gasteiger partial charge in [0.2, 0.25) is 5.91 Å². The van der Waals surface area contributed by atoms with Crippen LogP contribution in [0.15, 0.2) is 24.3 Å². The molecule has 1 aromatic carbocycles. The summed E-state index contributed by atoms with van der Waals surface area (Å²) in [4.78, 5) is 21.9. The largest absolute Gasteiger partial charge is 0.479 e. The molecular formula is C11H13NO4. The summed E-state index contributed by atoms with van der Waals surface area (Å²) >= 11 is 0. The van der Waals surface area contributed by atoms with E-state index in [1.807, 2.05) is 0 Å². The number of rotatable bonds is 4. The molecule has 0 aliphatic carbocycles. The average molecular weight is 223 g/mol. The van der Waals surface area contributed by atoms with Gasteiger partial charge in [-0.2, -0.15) is 0 Å². The third-order valence-corrected chi connectivity index (χ3v) is 1.98. The summed E-state index contributed by atoms with van der Waals surface area (Å²) in [5.41, 5.74) is 5.47. The van der Waals surface area contributed by atoms with Crippen LogP contribution in [0.2, 0.25) is 0 Å². The van der Waals surface area contributed by atoms with Crippen LogP contribution in [0.4, 0.5) is 0 Å². The molecule has 5 heteroatoms. The summed E-state index contributed by atoms with van der Waals surface area (Å²) in [5, 5.41) is 0. The predicted octanol–water partition coefficient (Wildman–Crippen LogP) is 0.726. The van der Waals surface area contributed by atoms with Gasteiger partial charge in [0.15, 0.2) is 6.10 Å². The maximum absolute atomic E-state index is 11.1. The second kappa shape index (κ2) is 5.16. The van der Waals surface area contributed by atoms with Gasteiger partial charge in [-0.1, -0.05) is 0 Å². The number of nitrogens with two attached hydrogens (primary N) is 1. The summed E-state index contributed by atoms with van der Waals surface area (Å²) < 4.78 is 9.78. The molecule has 0 bridgehead atoms. The van der Waals surface area contributed by atoms with Crippen LogP contribution in [0, 0.1) is 0 Å². The van der Waals surface area contributed by atoms with Crippen LogP contribution in [0.5, 0.6) is 5.75 Å². The van der Waals surface area contributed by atoms with Gasteiger partial charge in [-0.25, -0.2) is 4.79 Å². The number of hydrogen-bond acceptors (Lipinski definition) is 4. The standard InChI is InChI=1S/C11H13NO4/c1-7(11(14)15-2)16-9-5-3-8(4-6-9)10(12)13/h3-7H,1-2H3,(H2,12,13)/t7-/m1/s1. The Labute approximate surface area is 93.1 Å². The van der Waals surface area contributed by atoms with Crippen LogP contribution in [0.3, 0.4) is 0 Å². The fourth-order valence-corrected chi connectivity index (χ4v) is 1.12. The Morgan fingerprint density at radius 2 is 1.81 bits per heavy atom. The molecule has 0 fully saturated rings. The molecule has 1 atom stereocenters. The van der Waals surface area contributed by atoms with Crippen LogP contribution in [-0.4, -0.2) is 25.1 Å². The fraction of sp³-hybridized carbons (Fsp3) is 0.273. The smallest absolute Gasteiger partial charge is 0.346 e. The number of primary amides is 1. The Morgan fingerprint density at radius 3 is 2.25 bits per heavy atom. The molecule has 2 N–H and O–H groups in total. The SMILES string of the molecule is COC(=O)[C@@H](C)Oc1ccc(C(N)=O)cc1. The van der Waals surface area contributed by atoms with E-state index in [2.05, 4.69) is 4.74 Å². The van der Waals surface area contributed by atoms with Crippen molar-refractivity contribution in [1.82, 2.24) is 0 Å². The summed E-state index contributed by atoms with van der Waals surface area (Å²) in [6.45, 7) is 1.58. The van der Waals surface area contributed by atoms with Crippen LogP contribution < -0.4 is 10.5 Å². The summed E-state index contributed by atoms with van der Waals surface area (Å²) in [7, 11) is 1.29. The van der Waals surface area contributed by atoms with Crippen molar-refractivity contribution in [2.24, 2.45) is 5.73 Å². The van der Waals surface area contributed by atoms with Crippen molar-refractivity contribution in [2.45, 2.75) is 13.0 Å². The highest BCUT2D eigenvalue weighted by Gasteiger charge is 2.14.